The van der Waals surface area contributed by atoms with Crippen molar-refractivity contribution in [2.75, 3.05) is 25.3 Å². The number of benzene rings is 1. The van der Waals surface area contributed by atoms with Gasteiger partial charge in [0.25, 0.3) is 0 Å². The topological polar surface area (TPSA) is 42.9 Å². The molecule has 1 atom stereocenters. The Morgan fingerprint density at radius 1 is 1.35 bits per heavy atom. The summed E-state index contributed by atoms with van der Waals surface area (Å²) < 4.78 is 10.5. The fourth-order valence-electron chi connectivity index (χ4n) is 1.57. The Kier molecular flexibility index (Phi) is 3.78. The van der Waals surface area contributed by atoms with Gasteiger partial charge in [-0.3, -0.25) is 4.99 Å². The predicted molar refractivity (Wildman–Crippen MR) is 72.5 cm³/mol. The number of aliphatic imine (C=N–C) groups is 1. The normalized spacial score (nSPS) is 18.8. The summed E-state index contributed by atoms with van der Waals surface area (Å²) in [6.07, 6.45) is 0. The Morgan fingerprint density at radius 2 is 2.18 bits per heavy atom. The highest BCUT2D eigenvalue weighted by molar-refractivity contribution is 8.14. The fourth-order valence-corrected chi connectivity index (χ4v) is 2.48. The molecule has 0 saturated carbocycles. The zero-order chi connectivity index (χ0) is 12.3. The molecular weight excluding hydrogens is 236 g/mol. The molecule has 1 N–H and O–H groups in total. The van der Waals surface area contributed by atoms with Gasteiger partial charge in [0.1, 0.15) is 11.5 Å². The van der Waals surface area contributed by atoms with Crippen molar-refractivity contribution in [1.82, 2.24) is 0 Å². The van der Waals surface area contributed by atoms with Gasteiger partial charge in [-0.25, -0.2) is 0 Å². The second-order valence-electron chi connectivity index (χ2n) is 3.79. The first-order chi connectivity index (χ1) is 8.22. The van der Waals surface area contributed by atoms with Gasteiger partial charge in [0.15, 0.2) is 5.17 Å². The van der Waals surface area contributed by atoms with Crippen LogP contribution in [-0.4, -0.2) is 31.2 Å². The van der Waals surface area contributed by atoms with Gasteiger partial charge >= 0.3 is 0 Å². The van der Waals surface area contributed by atoms with Gasteiger partial charge in [0.05, 0.1) is 25.9 Å². The van der Waals surface area contributed by atoms with E-state index in [1.165, 1.54) is 0 Å². The minimum absolute atomic E-state index is 0.374. The van der Waals surface area contributed by atoms with E-state index in [0.29, 0.717) is 6.04 Å². The Hall–Kier alpha value is -1.36. The average Bonchev–Trinajstić information content (AvgIpc) is 2.74. The molecule has 5 heteroatoms. The van der Waals surface area contributed by atoms with E-state index < -0.39 is 0 Å². The summed E-state index contributed by atoms with van der Waals surface area (Å²) in [5, 5.41) is 4.21. The smallest absolute Gasteiger partial charge is 0.161 e. The zero-order valence-electron chi connectivity index (χ0n) is 10.2. The maximum atomic E-state index is 5.30. The lowest BCUT2D eigenvalue weighted by Crippen LogP contribution is -2.06. The van der Waals surface area contributed by atoms with Crippen LogP contribution in [0.5, 0.6) is 11.5 Å². The molecule has 1 unspecified atom stereocenters. The highest BCUT2D eigenvalue weighted by atomic mass is 32.2. The number of anilines is 1. The highest BCUT2D eigenvalue weighted by Crippen LogP contribution is 2.30. The van der Waals surface area contributed by atoms with Gasteiger partial charge in [-0.1, -0.05) is 11.8 Å². The van der Waals surface area contributed by atoms with Crippen LogP contribution in [0.4, 0.5) is 5.69 Å². The van der Waals surface area contributed by atoms with Gasteiger partial charge in [-0.2, -0.15) is 0 Å². The second kappa shape index (κ2) is 5.31. The number of nitrogens with zero attached hydrogens (tertiary/aromatic N) is 1. The molecule has 0 aliphatic carbocycles. The number of amidine groups is 1. The number of hydrogen-bond acceptors (Lipinski definition) is 5. The lowest BCUT2D eigenvalue weighted by atomic mass is 10.2. The molecule has 0 amide bonds. The largest absolute Gasteiger partial charge is 0.497 e. The van der Waals surface area contributed by atoms with Gasteiger partial charge in [-0.15, -0.1) is 0 Å². The van der Waals surface area contributed by atoms with Crippen molar-refractivity contribution in [3.8, 4) is 11.5 Å². The molecular formula is C12H16N2O2S. The number of rotatable bonds is 3. The van der Waals surface area contributed by atoms with Crippen molar-refractivity contribution < 1.29 is 9.47 Å². The third-order valence-corrected chi connectivity index (χ3v) is 3.58. The van der Waals surface area contributed by atoms with Gasteiger partial charge < -0.3 is 14.8 Å². The molecule has 4 nitrogen and oxygen atoms in total. The number of thioether (sulfide) groups is 1. The molecule has 0 fully saturated rings. The van der Waals surface area contributed by atoms with Crippen LogP contribution < -0.4 is 14.8 Å². The van der Waals surface area contributed by atoms with Crippen molar-refractivity contribution in [2.45, 2.75) is 13.0 Å². The van der Waals surface area contributed by atoms with E-state index in [1.807, 2.05) is 18.2 Å². The van der Waals surface area contributed by atoms with Crippen molar-refractivity contribution in [1.29, 1.82) is 0 Å². The summed E-state index contributed by atoms with van der Waals surface area (Å²) in [4.78, 5) is 4.49. The molecule has 1 aliphatic heterocycles. The van der Waals surface area contributed by atoms with Crippen molar-refractivity contribution in [2.24, 2.45) is 4.99 Å². The number of nitrogens with one attached hydrogen (secondary N) is 1. The van der Waals surface area contributed by atoms with Gasteiger partial charge in [0.2, 0.25) is 0 Å². The van der Waals surface area contributed by atoms with Crippen molar-refractivity contribution >= 4 is 22.6 Å². The molecule has 1 aliphatic rings. The SMILES string of the molecule is COc1ccc(OC)c(NC2=NC(C)CS2)c1. The maximum Gasteiger partial charge on any atom is 0.161 e. The maximum absolute atomic E-state index is 5.30. The molecule has 1 aromatic carbocycles. The first kappa shape index (κ1) is 12.1. The quantitative estimate of drug-likeness (QED) is 0.898. The van der Waals surface area contributed by atoms with Crippen LogP contribution in [0.1, 0.15) is 6.92 Å². The molecule has 1 aromatic rings. The summed E-state index contributed by atoms with van der Waals surface area (Å²) in [6, 6.07) is 6.03. The fraction of sp³-hybridized carbons (Fsp3) is 0.417. The molecule has 0 bridgehead atoms. The van der Waals surface area contributed by atoms with Crippen LogP contribution >= 0.6 is 11.8 Å². The van der Waals surface area contributed by atoms with E-state index in [0.717, 1.165) is 28.1 Å². The molecule has 0 saturated heterocycles. The van der Waals surface area contributed by atoms with Crippen LogP contribution in [-0.2, 0) is 0 Å². The lowest BCUT2D eigenvalue weighted by molar-refractivity contribution is 0.405. The van der Waals surface area contributed by atoms with Crippen LogP contribution in [0.3, 0.4) is 0 Å². The minimum Gasteiger partial charge on any atom is -0.497 e. The van der Waals surface area contributed by atoms with Gasteiger partial charge in [-0.05, 0) is 19.1 Å². The summed E-state index contributed by atoms with van der Waals surface area (Å²) in [5.74, 6) is 2.60. The summed E-state index contributed by atoms with van der Waals surface area (Å²) in [7, 11) is 3.30. The lowest BCUT2D eigenvalue weighted by Gasteiger charge is -2.11. The highest BCUT2D eigenvalue weighted by Gasteiger charge is 2.15. The molecule has 92 valence electrons. The summed E-state index contributed by atoms with van der Waals surface area (Å²) >= 11 is 1.72. The number of methoxy groups -OCH3 is 2. The zero-order valence-corrected chi connectivity index (χ0v) is 11.0. The first-order valence-electron chi connectivity index (χ1n) is 5.42. The van der Waals surface area contributed by atoms with Crippen LogP contribution in [0.15, 0.2) is 23.2 Å². The number of ether oxygens (including phenoxy) is 2. The van der Waals surface area contributed by atoms with E-state index in [4.69, 9.17) is 9.47 Å². The molecule has 17 heavy (non-hydrogen) atoms. The summed E-state index contributed by atoms with van der Waals surface area (Å²) in [6.45, 7) is 2.10. The van der Waals surface area contributed by atoms with E-state index in [1.54, 1.807) is 26.0 Å². The Morgan fingerprint density at radius 3 is 2.76 bits per heavy atom. The molecule has 2 rings (SSSR count). The molecule has 1 heterocycles. The second-order valence-corrected chi connectivity index (χ2v) is 4.79. The monoisotopic (exact) mass is 252 g/mol. The third-order valence-electron chi connectivity index (χ3n) is 2.45. The molecule has 0 radical (unpaired) electrons. The molecule has 0 aromatic heterocycles. The first-order valence-corrected chi connectivity index (χ1v) is 6.41. The van der Waals surface area contributed by atoms with Crippen molar-refractivity contribution in [3.63, 3.8) is 0 Å². The Balaban J connectivity index is 2.21. The van der Waals surface area contributed by atoms with E-state index in [-0.39, 0.29) is 0 Å². The summed E-state index contributed by atoms with van der Waals surface area (Å²) in [5.41, 5.74) is 0.882. The molecule has 0 spiro atoms. The Bertz CT molecular complexity index is 435. The van der Waals surface area contributed by atoms with Crippen LogP contribution in [0, 0.1) is 0 Å². The predicted octanol–water partition coefficient (Wildman–Crippen LogP) is 2.61. The van der Waals surface area contributed by atoms with Crippen molar-refractivity contribution in [3.05, 3.63) is 18.2 Å². The van der Waals surface area contributed by atoms with E-state index in [2.05, 4.69) is 17.2 Å². The standard InChI is InChI=1S/C12H16N2O2S/c1-8-7-17-12(13-8)14-10-6-9(15-2)4-5-11(10)16-3/h4-6,8H,7H2,1-3H3,(H,13,14). The van der Waals surface area contributed by atoms with Crippen LogP contribution in [0.25, 0.3) is 0 Å². The van der Waals surface area contributed by atoms with Crippen LogP contribution in [0.2, 0.25) is 0 Å². The third kappa shape index (κ3) is 2.85. The minimum atomic E-state index is 0.374. The van der Waals surface area contributed by atoms with E-state index in [9.17, 15) is 0 Å². The van der Waals surface area contributed by atoms with E-state index >= 15 is 0 Å². The number of hydrogen-bond donors (Lipinski definition) is 1. The average molecular weight is 252 g/mol. The van der Waals surface area contributed by atoms with Gasteiger partial charge in [0, 0.05) is 11.8 Å². The Labute approximate surface area is 105 Å².